The maximum Gasteiger partial charge on any atom is 0.0353 e. The van der Waals surface area contributed by atoms with Crippen molar-refractivity contribution in [1.29, 1.82) is 0 Å². The van der Waals surface area contributed by atoms with Gasteiger partial charge in [0.05, 0.1) is 0 Å². The number of nitrogen functional groups attached to an aromatic ring is 1. The van der Waals surface area contributed by atoms with E-state index in [-0.39, 0.29) is 0 Å². The average Bonchev–Trinajstić information content (AvgIpc) is 2.53. The number of rotatable bonds is 1. The first-order valence-corrected chi connectivity index (χ1v) is 5.45. The lowest BCUT2D eigenvalue weighted by molar-refractivity contribution is 1.57. The first kappa shape index (κ1) is 9.82. The molecule has 1 heterocycles. The molecule has 2 aromatic rings. The minimum Gasteiger partial charge on any atom is -0.399 e. The summed E-state index contributed by atoms with van der Waals surface area (Å²) in [5.41, 5.74) is 7.80. The molecule has 0 spiro atoms. The lowest BCUT2D eigenvalue weighted by Crippen LogP contribution is -1.82. The van der Waals surface area contributed by atoms with Gasteiger partial charge in [0.1, 0.15) is 0 Å². The first-order chi connectivity index (χ1) is 7.22. The fourth-order valence-corrected chi connectivity index (χ4v) is 2.63. The number of hydrogen-bond acceptors (Lipinski definition) is 2. The van der Waals surface area contributed by atoms with Crippen molar-refractivity contribution in [2.45, 2.75) is 6.92 Å². The van der Waals surface area contributed by atoms with E-state index in [0.29, 0.717) is 0 Å². The third kappa shape index (κ3) is 1.74. The van der Waals surface area contributed by atoms with Crippen molar-refractivity contribution < 1.29 is 0 Å². The molecule has 0 saturated carbocycles. The monoisotopic (exact) mass is 213 g/mol. The van der Waals surface area contributed by atoms with E-state index in [1.54, 1.807) is 17.4 Å². The zero-order valence-corrected chi connectivity index (χ0v) is 9.27. The van der Waals surface area contributed by atoms with E-state index in [1.807, 2.05) is 18.2 Å². The average molecular weight is 213 g/mol. The molecule has 0 aliphatic heterocycles. The summed E-state index contributed by atoms with van der Waals surface area (Å²) < 4.78 is 1.25. The third-order valence-electron chi connectivity index (χ3n) is 2.33. The number of aryl methyl sites for hydroxylation is 1. The van der Waals surface area contributed by atoms with Crippen molar-refractivity contribution in [2.75, 3.05) is 5.73 Å². The SMILES string of the molecule is C#C/C=C\c1sc2ccc(N)cc2c1C. The van der Waals surface area contributed by atoms with Crippen LogP contribution in [0.2, 0.25) is 0 Å². The number of nitrogens with two attached hydrogens (primary N) is 1. The molecule has 1 aromatic carbocycles. The van der Waals surface area contributed by atoms with Gasteiger partial charge in [-0.3, -0.25) is 0 Å². The molecule has 0 bridgehead atoms. The molecule has 0 fully saturated rings. The Hall–Kier alpha value is -1.72. The van der Waals surface area contributed by atoms with Gasteiger partial charge in [0.2, 0.25) is 0 Å². The number of allylic oxidation sites excluding steroid dienone is 1. The molecule has 0 unspecified atom stereocenters. The van der Waals surface area contributed by atoms with Gasteiger partial charge in [-0.2, -0.15) is 0 Å². The molecule has 0 aliphatic rings. The molecular formula is C13H11NS. The predicted molar refractivity (Wildman–Crippen MR) is 68.8 cm³/mol. The highest BCUT2D eigenvalue weighted by Crippen LogP contribution is 2.32. The molecule has 2 heteroatoms. The maximum absolute atomic E-state index is 5.76. The highest BCUT2D eigenvalue weighted by Gasteiger charge is 2.05. The lowest BCUT2D eigenvalue weighted by atomic mass is 10.1. The van der Waals surface area contributed by atoms with Crippen LogP contribution in [0.4, 0.5) is 5.69 Å². The normalized spacial score (nSPS) is 10.9. The lowest BCUT2D eigenvalue weighted by Gasteiger charge is -1.94. The van der Waals surface area contributed by atoms with Crippen LogP contribution in [0.3, 0.4) is 0 Å². The standard InChI is InChI=1S/C13H11NS/c1-3-4-5-12-9(2)11-8-10(14)6-7-13(11)15-12/h1,4-8H,14H2,2H3/b5-4-. The van der Waals surface area contributed by atoms with Crippen LogP contribution in [0.25, 0.3) is 16.2 Å². The Morgan fingerprint density at radius 1 is 1.47 bits per heavy atom. The van der Waals surface area contributed by atoms with Crippen LogP contribution < -0.4 is 5.73 Å². The van der Waals surface area contributed by atoms with Gasteiger partial charge in [-0.05, 0) is 48.2 Å². The molecule has 0 saturated heterocycles. The second kappa shape index (κ2) is 3.80. The fraction of sp³-hybridized carbons (Fsp3) is 0.0769. The minimum absolute atomic E-state index is 0.802. The largest absolute Gasteiger partial charge is 0.399 e. The van der Waals surface area contributed by atoms with E-state index in [2.05, 4.69) is 18.9 Å². The van der Waals surface area contributed by atoms with Crippen LogP contribution in [-0.4, -0.2) is 0 Å². The predicted octanol–water partition coefficient (Wildman–Crippen LogP) is 3.44. The maximum atomic E-state index is 5.76. The van der Waals surface area contributed by atoms with Crippen LogP contribution in [-0.2, 0) is 0 Å². The molecule has 2 N–H and O–H groups in total. The van der Waals surface area contributed by atoms with Crippen molar-refractivity contribution in [3.05, 3.63) is 34.7 Å². The van der Waals surface area contributed by atoms with Crippen LogP contribution in [0, 0.1) is 19.3 Å². The number of benzene rings is 1. The van der Waals surface area contributed by atoms with Crippen molar-refractivity contribution in [2.24, 2.45) is 0 Å². The summed E-state index contributed by atoms with van der Waals surface area (Å²) in [6.45, 7) is 2.09. The summed E-state index contributed by atoms with van der Waals surface area (Å²) in [4.78, 5) is 1.20. The van der Waals surface area contributed by atoms with E-state index in [9.17, 15) is 0 Å². The Labute approximate surface area is 93.2 Å². The summed E-state index contributed by atoms with van der Waals surface area (Å²) in [6.07, 6.45) is 8.88. The second-order valence-electron chi connectivity index (χ2n) is 3.35. The van der Waals surface area contributed by atoms with Gasteiger partial charge in [0.15, 0.2) is 0 Å². The minimum atomic E-state index is 0.802. The zero-order chi connectivity index (χ0) is 10.8. The molecule has 0 radical (unpaired) electrons. The second-order valence-corrected chi connectivity index (χ2v) is 4.43. The summed E-state index contributed by atoms with van der Waals surface area (Å²) in [5, 5.41) is 1.22. The van der Waals surface area contributed by atoms with Crippen LogP contribution in [0.5, 0.6) is 0 Å². The Balaban J connectivity index is 2.65. The molecule has 15 heavy (non-hydrogen) atoms. The molecule has 0 amide bonds. The number of anilines is 1. The Morgan fingerprint density at radius 3 is 3.00 bits per heavy atom. The highest BCUT2D eigenvalue weighted by atomic mass is 32.1. The van der Waals surface area contributed by atoms with E-state index in [1.165, 1.54) is 20.5 Å². The fourth-order valence-electron chi connectivity index (χ4n) is 1.54. The van der Waals surface area contributed by atoms with E-state index in [4.69, 9.17) is 12.2 Å². The topological polar surface area (TPSA) is 26.0 Å². The summed E-state index contributed by atoms with van der Waals surface area (Å²) in [5.74, 6) is 2.50. The number of thiophene rings is 1. The number of hydrogen-bond donors (Lipinski definition) is 1. The van der Waals surface area contributed by atoms with Crippen molar-refractivity contribution in [3.8, 4) is 12.3 Å². The molecule has 0 aliphatic carbocycles. The van der Waals surface area contributed by atoms with Crippen molar-refractivity contribution in [3.63, 3.8) is 0 Å². The molecule has 74 valence electrons. The smallest absolute Gasteiger partial charge is 0.0353 e. The third-order valence-corrected chi connectivity index (χ3v) is 3.57. The molecule has 1 aromatic heterocycles. The van der Waals surface area contributed by atoms with E-state index >= 15 is 0 Å². The van der Waals surface area contributed by atoms with Crippen LogP contribution >= 0.6 is 11.3 Å². The molecule has 1 nitrogen and oxygen atoms in total. The van der Waals surface area contributed by atoms with E-state index < -0.39 is 0 Å². The first-order valence-electron chi connectivity index (χ1n) is 4.63. The highest BCUT2D eigenvalue weighted by molar-refractivity contribution is 7.20. The van der Waals surface area contributed by atoms with Gasteiger partial charge in [0.25, 0.3) is 0 Å². The van der Waals surface area contributed by atoms with E-state index in [0.717, 1.165) is 5.69 Å². The van der Waals surface area contributed by atoms with Crippen LogP contribution in [0.1, 0.15) is 10.4 Å². The molecular weight excluding hydrogens is 202 g/mol. The quantitative estimate of drug-likeness (QED) is 0.570. The van der Waals surface area contributed by atoms with Gasteiger partial charge < -0.3 is 5.73 Å². The van der Waals surface area contributed by atoms with Gasteiger partial charge in [-0.15, -0.1) is 17.8 Å². The number of terminal acetylenes is 1. The van der Waals surface area contributed by atoms with Crippen molar-refractivity contribution >= 4 is 33.2 Å². The Morgan fingerprint density at radius 2 is 2.27 bits per heavy atom. The molecule has 2 rings (SSSR count). The van der Waals surface area contributed by atoms with Gasteiger partial charge in [-0.25, -0.2) is 0 Å². The van der Waals surface area contributed by atoms with Crippen molar-refractivity contribution in [1.82, 2.24) is 0 Å². The number of fused-ring (bicyclic) bond motifs is 1. The van der Waals surface area contributed by atoms with Gasteiger partial charge >= 0.3 is 0 Å². The Bertz CT molecular complexity index is 570. The summed E-state index contributed by atoms with van der Waals surface area (Å²) in [6, 6.07) is 5.98. The van der Waals surface area contributed by atoms with Gasteiger partial charge in [-0.1, -0.05) is 5.92 Å². The molecule has 0 atom stereocenters. The zero-order valence-electron chi connectivity index (χ0n) is 8.45. The Kier molecular flexibility index (Phi) is 2.49. The van der Waals surface area contributed by atoms with Crippen LogP contribution in [0.15, 0.2) is 24.3 Å². The van der Waals surface area contributed by atoms with Gasteiger partial charge in [0, 0.05) is 15.3 Å². The summed E-state index contributed by atoms with van der Waals surface area (Å²) >= 11 is 1.73. The summed E-state index contributed by atoms with van der Waals surface area (Å²) in [7, 11) is 0.